The SMILES string of the molecule is Cc1nc(C)c(C(=O)NCCO)s1. The van der Waals surface area contributed by atoms with E-state index in [4.69, 9.17) is 5.11 Å². The second-order valence-electron chi connectivity index (χ2n) is 2.63. The fraction of sp³-hybridized carbons (Fsp3) is 0.500. The molecule has 72 valence electrons. The Bertz CT molecular complexity index is 309. The predicted octanol–water partition coefficient (Wildman–Crippen LogP) is 0.482. The van der Waals surface area contributed by atoms with Gasteiger partial charge in [0.05, 0.1) is 17.3 Å². The Morgan fingerprint density at radius 3 is 2.77 bits per heavy atom. The van der Waals surface area contributed by atoms with E-state index in [-0.39, 0.29) is 19.1 Å². The molecule has 0 spiro atoms. The number of carbonyl (C=O) groups is 1. The van der Waals surface area contributed by atoms with Crippen molar-refractivity contribution < 1.29 is 9.90 Å². The van der Waals surface area contributed by atoms with Crippen molar-refractivity contribution in [3.63, 3.8) is 0 Å². The highest BCUT2D eigenvalue weighted by atomic mass is 32.1. The first kappa shape index (κ1) is 10.1. The molecule has 0 aliphatic heterocycles. The number of amides is 1. The molecule has 13 heavy (non-hydrogen) atoms. The lowest BCUT2D eigenvalue weighted by Crippen LogP contribution is -2.26. The van der Waals surface area contributed by atoms with E-state index >= 15 is 0 Å². The van der Waals surface area contributed by atoms with Crippen molar-refractivity contribution in [2.45, 2.75) is 13.8 Å². The van der Waals surface area contributed by atoms with Crippen LogP contribution < -0.4 is 5.32 Å². The van der Waals surface area contributed by atoms with Crippen molar-refractivity contribution in [2.24, 2.45) is 0 Å². The summed E-state index contributed by atoms with van der Waals surface area (Å²) < 4.78 is 0. The van der Waals surface area contributed by atoms with Gasteiger partial charge in [0, 0.05) is 6.54 Å². The van der Waals surface area contributed by atoms with Gasteiger partial charge in [0.15, 0.2) is 0 Å². The summed E-state index contributed by atoms with van der Waals surface area (Å²) in [5, 5.41) is 12.0. The van der Waals surface area contributed by atoms with E-state index in [0.717, 1.165) is 10.7 Å². The van der Waals surface area contributed by atoms with Gasteiger partial charge >= 0.3 is 0 Å². The van der Waals surface area contributed by atoms with Crippen molar-refractivity contribution in [3.8, 4) is 0 Å². The van der Waals surface area contributed by atoms with Crippen LogP contribution in [0.1, 0.15) is 20.4 Å². The maximum absolute atomic E-state index is 11.4. The Morgan fingerprint density at radius 1 is 1.62 bits per heavy atom. The molecular weight excluding hydrogens is 188 g/mol. The van der Waals surface area contributed by atoms with Crippen molar-refractivity contribution in [1.82, 2.24) is 10.3 Å². The summed E-state index contributed by atoms with van der Waals surface area (Å²) in [6.07, 6.45) is 0. The van der Waals surface area contributed by atoms with Crippen LogP contribution >= 0.6 is 11.3 Å². The van der Waals surface area contributed by atoms with Crippen LogP contribution in [0.2, 0.25) is 0 Å². The number of hydrogen-bond donors (Lipinski definition) is 2. The van der Waals surface area contributed by atoms with Gasteiger partial charge in [0.1, 0.15) is 4.88 Å². The lowest BCUT2D eigenvalue weighted by atomic mass is 10.4. The molecule has 0 fully saturated rings. The Labute approximate surface area is 80.6 Å². The fourth-order valence-corrected chi connectivity index (χ4v) is 1.83. The normalized spacial score (nSPS) is 10.1. The van der Waals surface area contributed by atoms with Gasteiger partial charge in [-0.2, -0.15) is 0 Å². The van der Waals surface area contributed by atoms with Crippen molar-refractivity contribution >= 4 is 17.2 Å². The van der Waals surface area contributed by atoms with Crippen LogP contribution in [-0.4, -0.2) is 29.1 Å². The Morgan fingerprint density at radius 2 is 2.31 bits per heavy atom. The molecule has 0 aliphatic rings. The molecule has 0 unspecified atom stereocenters. The molecular formula is C8H12N2O2S. The first-order valence-corrected chi connectivity index (χ1v) is 4.80. The first-order valence-electron chi connectivity index (χ1n) is 3.98. The highest BCUT2D eigenvalue weighted by molar-refractivity contribution is 7.13. The minimum atomic E-state index is -0.155. The molecule has 1 amide bonds. The lowest BCUT2D eigenvalue weighted by Gasteiger charge is -1.99. The van der Waals surface area contributed by atoms with Crippen LogP contribution in [-0.2, 0) is 0 Å². The van der Waals surface area contributed by atoms with Crippen molar-refractivity contribution in [2.75, 3.05) is 13.2 Å². The molecule has 1 aromatic heterocycles. The minimum absolute atomic E-state index is 0.0391. The highest BCUT2D eigenvalue weighted by Crippen LogP contribution is 2.16. The maximum atomic E-state index is 11.4. The van der Waals surface area contributed by atoms with Gasteiger partial charge in [-0.3, -0.25) is 4.79 Å². The second kappa shape index (κ2) is 4.34. The van der Waals surface area contributed by atoms with Gasteiger partial charge in [-0.1, -0.05) is 0 Å². The smallest absolute Gasteiger partial charge is 0.263 e. The van der Waals surface area contributed by atoms with E-state index in [1.807, 2.05) is 6.92 Å². The number of rotatable bonds is 3. The summed E-state index contributed by atoms with van der Waals surface area (Å²) in [5.74, 6) is -0.155. The zero-order valence-electron chi connectivity index (χ0n) is 7.63. The average Bonchev–Trinajstić information content (AvgIpc) is 2.41. The summed E-state index contributed by atoms with van der Waals surface area (Å²) in [6.45, 7) is 3.91. The molecule has 5 heteroatoms. The van der Waals surface area contributed by atoms with Gasteiger partial charge in [0.25, 0.3) is 5.91 Å². The third-order valence-electron chi connectivity index (χ3n) is 1.51. The molecule has 0 saturated heterocycles. The minimum Gasteiger partial charge on any atom is -0.395 e. The van der Waals surface area contributed by atoms with Crippen molar-refractivity contribution in [3.05, 3.63) is 15.6 Å². The monoisotopic (exact) mass is 200 g/mol. The lowest BCUT2D eigenvalue weighted by molar-refractivity contribution is 0.0948. The predicted molar refractivity (Wildman–Crippen MR) is 51.0 cm³/mol. The van der Waals surface area contributed by atoms with E-state index in [9.17, 15) is 4.79 Å². The van der Waals surface area contributed by atoms with E-state index in [1.54, 1.807) is 6.92 Å². The van der Waals surface area contributed by atoms with Gasteiger partial charge in [-0.15, -0.1) is 11.3 Å². The number of aryl methyl sites for hydroxylation is 2. The molecule has 0 aromatic carbocycles. The number of hydrogen-bond acceptors (Lipinski definition) is 4. The standard InChI is InChI=1S/C8H12N2O2S/c1-5-7(13-6(2)10-5)8(12)9-3-4-11/h11H,3-4H2,1-2H3,(H,9,12). The topological polar surface area (TPSA) is 62.2 Å². The van der Waals surface area contributed by atoms with Crippen LogP contribution in [0.25, 0.3) is 0 Å². The quantitative estimate of drug-likeness (QED) is 0.746. The van der Waals surface area contributed by atoms with Gasteiger partial charge in [-0.25, -0.2) is 4.98 Å². The van der Waals surface area contributed by atoms with Crippen molar-refractivity contribution in [1.29, 1.82) is 0 Å². The summed E-state index contributed by atoms with van der Waals surface area (Å²) in [6, 6.07) is 0. The number of thiazole rings is 1. The average molecular weight is 200 g/mol. The molecule has 0 saturated carbocycles. The number of aliphatic hydroxyl groups is 1. The van der Waals surface area contributed by atoms with E-state index in [1.165, 1.54) is 11.3 Å². The number of carbonyl (C=O) groups excluding carboxylic acids is 1. The van der Waals surface area contributed by atoms with E-state index < -0.39 is 0 Å². The third-order valence-corrected chi connectivity index (χ3v) is 2.58. The molecule has 0 radical (unpaired) electrons. The second-order valence-corrected chi connectivity index (χ2v) is 3.83. The van der Waals surface area contributed by atoms with Crippen LogP contribution in [0.4, 0.5) is 0 Å². The molecule has 1 rings (SSSR count). The Balaban J connectivity index is 2.70. The van der Waals surface area contributed by atoms with Crippen LogP contribution in [0.3, 0.4) is 0 Å². The summed E-state index contributed by atoms with van der Waals surface area (Å²) >= 11 is 1.37. The molecule has 2 N–H and O–H groups in total. The Kier molecular flexibility index (Phi) is 3.39. The van der Waals surface area contributed by atoms with Crippen LogP contribution in [0.5, 0.6) is 0 Å². The van der Waals surface area contributed by atoms with E-state index in [0.29, 0.717) is 4.88 Å². The first-order chi connectivity index (χ1) is 6.15. The fourth-order valence-electron chi connectivity index (χ4n) is 0.992. The summed E-state index contributed by atoms with van der Waals surface area (Å²) in [7, 11) is 0. The van der Waals surface area contributed by atoms with Crippen LogP contribution in [0.15, 0.2) is 0 Å². The largest absolute Gasteiger partial charge is 0.395 e. The molecule has 0 atom stereocenters. The zero-order chi connectivity index (χ0) is 9.84. The number of nitrogens with one attached hydrogen (secondary N) is 1. The number of aromatic nitrogens is 1. The summed E-state index contributed by atoms with van der Waals surface area (Å²) in [4.78, 5) is 16.2. The molecule has 1 heterocycles. The molecule has 0 bridgehead atoms. The molecule has 0 aliphatic carbocycles. The summed E-state index contributed by atoms with van der Waals surface area (Å²) in [5.41, 5.74) is 0.748. The third kappa shape index (κ3) is 2.50. The van der Waals surface area contributed by atoms with Crippen LogP contribution in [0, 0.1) is 13.8 Å². The van der Waals surface area contributed by atoms with E-state index in [2.05, 4.69) is 10.3 Å². The Hall–Kier alpha value is -0.940. The van der Waals surface area contributed by atoms with Gasteiger partial charge in [-0.05, 0) is 13.8 Å². The number of nitrogens with zero attached hydrogens (tertiary/aromatic N) is 1. The van der Waals surface area contributed by atoms with Gasteiger partial charge < -0.3 is 10.4 Å². The maximum Gasteiger partial charge on any atom is 0.263 e. The molecule has 1 aromatic rings. The van der Waals surface area contributed by atoms with Gasteiger partial charge in [0.2, 0.25) is 0 Å². The highest BCUT2D eigenvalue weighted by Gasteiger charge is 2.12. The molecule has 4 nitrogen and oxygen atoms in total. The zero-order valence-corrected chi connectivity index (χ0v) is 8.44. The number of aliphatic hydroxyl groups excluding tert-OH is 1.